The maximum absolute atomic E-state index is 11.6. The fourth-order valence-electron chi connectivity index (χ4n) is 1.67. The average molecular weight is 380 g/mol. The monoisotopic (exact) mass is 379 g/mol. The number of amides is 2. The van der Waals surface area contributed by atoms with Crippen molar-refractivity contribution in [2.75, 3.05) is 13.7 Å². The Balaban J connectivity index is 1.84. The number of rotatable bonds is 6. The molecule has 0 saturated carbocycles. The predicted molar refractivity (Wildman–Crippen MR) is 87.5 cm³/mol. The number of carbonyl (C=O) groups is 2. The van der Waals surface area contributed by atoms with Gasteiger partial charge in [-0.25, -0.2) is 5.43 Å². The highest BCUT2D eigenvalue weighted by Gasteiger charge is 2.09. The van der Waals surface area contributed by atoms with Crippen molar-refractivity contribution in [3.8, 4) is 5.75 Å². The van der Waals surface area contributed by atoms with Gasteiger partial charge in [-0.15, -0.1) is 0 Å². The summed E-state index contributed by atoms with van der Waals surface area (Å²) in [7, 11) is 1.54. The van der Waals surface area contributed by atoms with Crippen molar-refractivity contribution in [2.24, 2.45) is 5.10 Å². The first-order chi connectivity index (χ1) is 11.1. The summed E-state index contributed by atoms with van der Waals surface area (Å²) in [6, 6.07) is 8.50. The number of hydrazone groups is 1. The van der Waals surface area contributed by atoms with E-state index >= 15 is 0 Å². The van der Waals surface area contributed by atoms with Gasteiger partial charge in [-0.05, 0) is 30.3 Å². The molecular formula is C15H14BrN3O4. The molecule has 8 heteroatoms. The molecule has 23 heavy (non-hydrogen) atoms. The Kier molecular flexibility index (Phi) is 5.93. The molecule has 1 heterocycles. The lowest BCUT2D eigenvalue weighted by Crippen LogP contribution is -2.34. The van der Waals surface area contributed by atoms with Crippen molar-refractivity contribution in [3.05, 3.63) is 52.4 Å². The first-order valence-corrected chi connectivity index (χ1v) is 7.36. The van der Waals surface area contributed by atoms with Crippen LogP contribution in [0.2, 0.25) is 0 Å². The van der Waals surface area contributed by atoms with Crippen LogP contribution >= 0.6 is 15.9 Å². The van der Waals surface area contributed by atoms with Crippen LogP contribution in [0.4, 0.5) is 0 Å². The Bertz CT molecular complexity index is 714. The van der Waals surface area contributed by atoms with Crippen molar-refractivity contribution >= 4 is 34.0 Å². The Hall–Kier alpha value is -2.61. The lowest BCUT2D eigenvalue weighted by Gasteiger charge is -2.05. The third-order valence-electron chi connectivity index (χ3n) is 2.74. The minimum absolute atomic E-state index is 0.139. The standard InChI is InChI=1S/C15H14BrN3O4/c1-22-12-5-4-11(16)7-10(12)8-18-19-14(20)9-17-15(21)13-3-2-6-23-13/h2-8H,9H2,1H3,(H,17,21)(H,19,20). The predicted octanol–water partition coefficient (Wildman–Crippen LogP) is 1.93. The van der Waals surface area contributed by atoms with Gasteiger partial charge in [0.2, 0.25) is 0 Å². The zero-order valence-electron chi connectivity index (χ0n) is 12.2. The van der Waals surface area contributed by atoms with Gasteiger partial charge < -0.3 is 14.5 Å². The Morgan fingerprint density at radius 1 is 1.39 bits per heavy atom. The molecule has 0 fully saturated rings. The average Bonchev–Trinajstić information content (AvgIpc) is 3.07. The van der Waals surface area contributed by atoms with E-state index in [0.29, 0.717) is 11.3 Å². The van der Waals surface area contributed by atoms with Crippen LogP contribution in [-0.2, 0) is 4.79 Å². The molecule has 0 aliphatic heterocycles. The largest absolute Gasteiger partial charge is 0.496 e. The van der Waals surface area contributed by atoms with Crippen molar-refractivity contribution in [1.82, 2.24) is 10.7 Å². The van der Waals surface area contributed by atoms with Gasteiger partial charge in [0.25, 0.3) is 11.8 Å². The molecular weight excluding hydrogens is 366 g/mol. The van der Waals surface area contributed by atoms with Crippen molar-refractivity contribution in [1.29, 1.82) is 0 Å². The molecule has 0 aliphatic carbocycles. The topological polar surface area (TPSA) is 92.9 Å². The molecule has 0 spiro atoms. The molecule has 0 radical (unpaired) electrons. The number of hydrogen-bond donors (Lipinski definition) is 2. The van der Waals surface area contributed by atoms with Crippen LogP contribution in [0.5, 0.6) is 5.75 Å². The second kappa shape index (κ2) is 8.14. The molecule has 0 unspecified atom stereocenters. The molecule has 1 aromatic carbocycles. The SMILES string of the molecule is COc1ccc(Br)cc1C=NNC(=O)CNC(=O)c1ccco1. The van der Waals surface area contributed by atoms with Gasteiger partial charge >= 0.3 is 0 Å². The number of methoxy groups -OCH3 is 1. The normalized spacial score (nSPS) is 10.5. The van der Waals surface area contributed by atoms with Gasteiger partial charge in [-0.1, -0.05) is 15.9 Å². The highest BCUT2D eigenvalue weighted by atomic mass is 79.9. The van der Waals surface area contributed by atoms with Crippen LogP contribution in [0.1, 0.15) is 16.1 Å². The molecule has 2 aromatic rings. The van der Waals surface area contributed by atoms with E-state index in [-0.39, 0.29) is 12.3 Å². The van der Waals surface area contributed by atoms with E-state index in [1.807, 2.05) is 6.07 Å². The van der Waals surface area contributed by atoms with Crippen LogP contribution in [0, 0.1) is 0 Å². The number of nitrogens with one attached hydrogen (secondary N) is 2. The second-order valence-electron chi connectivity index (χ2n) is 4.34. The Labute approximate surface area is 140 Å². The molecule has 0 saturated heterocycles. The molecule has 120 valence electrons. The van der Waals surface area contributed by atoms with Gasteiger partial charge in [0.05, 0.1) is 26.1 Å². The van der Waals surface area contributed by atoms with E-state index in [2.05, 4.69) is 31.8 Å². The van der Waals surface area contributed by atoms with E-state index in [9.17, 15) is 9.59 Å². The molecule has 2 amide bonds. The van der Waals surface area contributed by atoms with Gasteiger partial charge in [-0.3, -0.25) is 9.59 Å². The Morgan fingerprint density at radius 3 is 2.91 bits per heavy atom. The van der Waals surface area contributed by atoms with Crippen LogP contribution in [0.25, 0.3) is 0 Å². The highest BCUT2D eigenvalue weighted by molar-refractivity contribution is 9.10. The number of halogens is 1. The number of nitrogens with zero attached hydrogens (tertiary/aromatic N) is 1. The van der Waals surface area contributed by atoms with Crippen LogP contribution in [0.3, 0.4) is 0 Å². The summed E-state index contributed by atoms with van der Waals surface area (Å²) in [5, 5.41) is 6.25. The lowest BCUT2D eigenvalue weighted by molar-refractivity contribution is -0.120. The van der Waals surface area contributed by atoms with E-state index in [1.165, 1.54) is 18.5 Å². The zero-order chi connectivity index (χ0) is 16.7. The van der Waals surface area contributed by atoms with Crippen LogP contribution in [0.15, 0.2) is 50.6 Å². The van der Waals surface area contributed by atoms with Gasteiger partial charge in [0, 0.05) is 10.0 Å². The van der Waals surface area contributed by atoms with E-state index in [1.54, 1.807) is 25.3 Å². The van der Waals surface area contributed by atoms with E-state index in [0.717, 1.165) is 4.47 Å². The van der Waals surface area contributed by atoms with Crippen molar-refractivity contribution in [3.63, 3.8) is 0 Å². The highest BCUT2D eigenvalue weighted by Crippen LogP contribution is 2.21. The van der Waals surface area contributed by atoms with E-state index in [4.69, 9.17) is 9.15 Å². The second-order valence-corrected chi connectivity index (χ2v) is 5.26. The van der Waals surface area contributed by atoms with Gasteiger partial charge in [0.1, 0.15) is 5.75 Å². The number of furan rings is 1. The maximum Gasteiger partial charge on any atom is 0.287 e. The molecule has 7 nitrogen and oxygen atoms in total. The third-order valence-corrected chi connectivity index (χ3v) is 3.23. The summed E-state index contributed by atoms with van der Waals surface area (Å²) < 4.78 is 11.0. The summed E-state index contributed by atoms with van der Waals surface area (Å²) in [6.45, 7) is -0.216. The summed E-state index contributed by atoms with van der Waals surface area (Å²) in [6.07, 6.45) is 2.83. The number of hydrogen-bond acceptors (Lipinski definition) is 5. The van der Waals surface area contributed by atoms with E-state index < -0.39 is 11.8 Å². The minimum atomic E-state index is -0.470. The zero-order valence-corrected chi connectivity index (χ0v) is 13.8. The fraction of sp³-hybridized carbons (Fsp3) is 0.133. The maximum atomic E-state index is 11.6. The third kappa shape index (κ3) is 4.96. The Morgan fingerprint density at radius 2 is 2.22 bits per heavy atom. The number of benzene rings is 1. The fourth-order valence-corrected chi connectivity index (χ4v) is 2.05. The molecule has 0 atom stereocenters. The quantitative estimate of drug-likeness (QED) is 0.592. The van der Waals surface area contributed by atoms with Crippen LogP contribution < -0.4 is 15.5 Å². The smallest absolute Gasteiger partial charge is 0.287 e. The first-order valence-electron chi connectivity index (χ1n) is 6.57. The molecule has 1 aromatic heterocycles. The number of ether oxygens (including phenoxy) is 1. The summed E-state index contributed by atoms with van der Waals surface area (Å²) in [5.41, 5.74) is 3.01. The summed E-state index contributed by atoms with van der Waals surface area (Å²) in [4.78, 5) is 23.2. The summed E-state index contributed by atoms with van der Waals surface area (Å²) >= 11 is 3.35. The molecule has 0 aliphatic rings. The lowest BCUT2D eigenvalue weighted by atomic mass is 10.2. The van der Waals surface area contributed by atoms with Crippen molar-refractivity contribution in [2.45, 2.75) is 0 Å². The molecule has 2 rings (SSSR count). The number of carbonyl (C=O) groups excluding carboxylic acids is 2. The molecule has 0 bridgehead atoms. The molecule has 2 N–H and O–H groups in total. The minimum Gasteiger partial charge on any atom is -0.496 e. The van der Waals surface area contributed by atoms with Crippen molar-refractivity contribution < 1.29 is 18.7 Å². The summed E-state index contributed by atoms with van der Waals surface area (Å²) in [5.74, 6) is -0.171. The van der Waals surface area contributed by atoms with Crippen LogP contribution in [-0.4, -0.2) is 31.7 Å². The first kappa shape index (κ1) is 16.8. The van der Waals surface area contributed by atoms with Gasteiger partial charge in [-0.2, -0.15) is 5.10 Å². The van der Waals surface area contributed by atoms with Gasteiger partial charge in [0.15, 0.2) is 5.76 Å².